The van der Waals surface area contributed by atoms with Gasteiger partial charge in [0, 0.05) is 17.4 Å². The van der Waals surface area contributed by atoms with Gasteiger partial charge in [-0.1, -0.05) is 12.1 Å². The summed E-state index contributed by atoms with van der Waals surface area (Å²) in [6.07, 6.45) is 0. The highest BCUT2D eigenvalue weighted by Crippen LogP contribution is 2.21. The summed E-state index contributed by atoms with van der Waals surface area (Å²) in [6.45, 7) is 2.01. The number of nitrogens with one attached hydrogen (secondary N) is 1. The minimum atomic E-state index is -3.65. The van der Waals surface area contributed by atoms with E-state index in [1.807, 2.05) is 31.2 Å². The Labute approximate surface area is 118 Å². The van der Waals surface area contributed by atoms with E-state index < -0.39 is 10.0 Å². The fourth-order valence-corrected chi connectivity index (χ4v) is 2.37. The molecule has 0 aliphatic heterocycles. The van der Waals surface area contributed by atoms with E-state index in [0.717, 1.165) is 16.9 Å². The van der Waals surface area contributed by atoms with Crippen LogP contribution in [0, 0.1) is 0 Å². The molecule has 1 atom stereocenters. The first-order valence-corrected chi connectivity index (χ1v) is 7.66. The lowest BCUT2D eigenvalue weighted by atomic mass is 10.1. The van der Waals surface area contributed by atoms with Crippen LogP contribution in [-0.4, -0.2) is 8.42 Å². The molecule has 0 saturated carbocycles. The Morgan fingerprint density at radius 2 is 1.55 bits per heavy atom. The van der Waals surface area contributed by atoms with Crippen molar-refractivity contribution in [1.82, 2.24) is 0 Å². The Balaban J connectivity index is 2.12. The van der Waals surface area contributed by atoms with Crippen LogP contribution in [0.1, 0.15) is 18.5 Å². The predicted octanol–water partition coefficient (Wildman–Crippen LogP) is 2.09. The van der Waals surface area contributed by atoms with Gasteiger partial charge in [0.2, 0.25) is 10.0 Å². The van der Waals surface area contributed by atoms with E-state index in [-0.39, 0.29) is 10.9 Å². The Bertz CT molecular complexity index is 679. The first kappa shape index (κ1) is 14.4. The van der Waals surface area contributed by atoms with Crippen molar-refractivity contribution in [2.24, 2.45) is 5.14 Å². The van der Waals surface area contributed by atoms with E-state index in [1.54, 1.807) is 12.1 Å². The van der Waals surface area contributed by atoms with E-state index in [2.05, 4.69) is 5.32 Å². The van der Waals surface area contributed by atoms with Crippen LogP contribution in [0.15, 0.2) is 53.4 Å². The minimum absolute atomic E-state index is 0.0796. The van der Waals surface area contributed by atoms with Gasteiger partial charge in [-0.2, -0.15) is 0 Å². The molecule has 0 saturated heterocycles. The van der Waals surface area contributed by atoms with Gasteiger partial charge in [-0.3, -0.25) is 0 Å². The summed E-state index contributed by atoms with van der Waals surface area (Å²) in [5.74, 6) is 0. The van der Waals surface area contributed by atoms with Gasteiger partial charge in [-0.15, -0.1) is 0 Å². The summed E-state index contributed by atoms with van der Waals surface area (Å²) in [6, 6.07) is 14.0. The van der Waals surface area contributed by atoms with E-state index in [4.69, 9.17) is 10.9 Å². The molecular formula is C14H17N3O2S. The number of rotatable bonds is 4. The lowest BCUT2D eigenvalue weighted by Crippen LogP contribution is -2.12. The smallest absolute Gasteiger partial charge is 0.238 e. The highest BCUT2D eigenvalue weighted by atomic mass is 32.2. The zero-order valence-corrected chi connectivity index (χ0v) is 11.9. The summed E-state index contributed by atoms with van der Waals surface area (Å²) in [5, 5.41) is 8.33. The van der Waals surface area contributed by atoms with Crippen LogP contribution < -0.4 is 16.2 Å². The summed E-state index contributed by atoms with van der Waals surface area (Å²) in [5.41, 5.74) is 8.28. The van der Waals surface area contributed by atoms with Crippen molar-refractivity contribution in [1.29, 1.82) is 0 Å². The molecule has 5 nitrogen and oxygen atoms in total. The number of anilines is 2. The third-order valence-corrected chi connectivity index (χ3v) is 3.93. The van der Waals surface area contributed by atoms with Gasteiger partial charge in [0.1, 0.15) is 0 Å². The second-order valence-corrected chi connectivity index (χ2v) is 6.16. The lowest BCUT2D eigenvalue weighted by molar-refractivity contribution is 0.598. The van der Waals surface area contributed by atoms with Crippen molar-refractivity contribution in [3.8, 4) is 0 Å². The van der Waals surface area contributed by atoms with Crippen molar-refractivity contribution in [2.75, 3.05) is 11.1 Å². The van der Waals surface area contributed by atoms with Crippen LogP contribution in [0.4, 0.5) is 11.4 Å². The second-order valence-electron chi connectivity index (χ2n) is 4.60. The standard InChI is InChI=1S/C14H17N3O2S/c1-10(11-2-4-12(15)5-3-11)17-13-6-8-14(9-7-13)20(16,18)19/h2-10,17H,15H2,1H3,(H2,16,18,19). The van der Waals surface area contributed by atoms with E-state index in [0.29, 0.717) is 0 Å². The molecule has 106 valence electrons. The number of hydrogen-bond acceptors (Lipinski definition) is 4. The van der Waals surface area contributed by atoms with Crippen LogP contribution in [0.2, 0.25) is 0 Å². The second kappa shape index (κ2) is 5.52. The van der Waals surface area contributed by atoms with Crippen LogP contribution >= 0.6 is 0 Å². The normalized spacial score (nSPS) is 12.9. The largest absolute Gasteiger partial charge is 0.399 e. The molecule has 6 heteroatoms. The average Bonchev–Trinajstić information content (AvgIpc) is 2.39. The van der Waals surface area contributed by atoms with E-state index in [9.17, 15) is 8.42 Å². The number of benzene rings is 2. The van der Waals surface area contributed by atoms with Crippen molar-refractivity contribution in [3.05, 3.63) is 54.1 Å². The third kappa shape index (κ3) is 3.49. The first-order valence-electron chi connectivity index (χ1n) is 6.11. The zero-order chi connectivity index (χ0) is 14.8. The lowest BCUT2D eigenvalue weighted by Gasteiger charge is -2.16. The molecule has 0 spiro atoms. The maximum absolute atomic E-state index is 11.2. The van der Waals surface area contributed by atoms with Crippen LogP contribution in [0.3, 0.4) is 0 Å². The number of hydrogen-bond donors (Lipinski definition) is 3. The number of primary sulfonamides is 1. The molecule has 2 aromatic carbocycles. The fourth-order valence-electron chi connectivity index (χ4n) is 1.86. The molecular weight excluding hydrogens is 274 g/mol. The van der Waals surface area contributed by atoms with Gasteiger partial charge in [-0.25, -0.2) is 13.6 Å². The quantitative estimate of drug-likeness (QED) is 0.751. The average molecular weight is 291 g/mol. The van der Waals surface area contributed by atoms with E-state index in [1.165, 1.54) is 12.1 Å². The SMILES string of the molecule is CC(Nc1ccc(S(N)(=O)=O)cc1)c1ccc(N)cc1. The van der Waals surface area contributed by atoms with Gasteiger partial charge in [0.05, 0.1) is 4.90 Å². The highest BCUT2D eigenvalue weighted by Gasteiger charge is 2.08. The Kier molecular flexibility index (Phi) is 3.96. The zero-order valence-electron chi connectivity index (χ0n) is 11.1. The monoisotopic (exact) mass is 291 g/mol. The topological polar surface area (TPSA) is 98.2 Å². The molecule has 20 heavy (non-hydrogen) atoms. The molecule has 0 bridgehead atoms. The van der Waals surface area contributed by atoms with Crippen LogP contribution in [0.25, 0.3) is 0 Å². The molecule has 0 aliphatic rings. The summed E-state index contributed by atoms with van der Waals surface area (Å²) in [7, 11) is -3.65. The van der Waals surface area contributed by atoms with Gasteiger partial charge >= 0.3 is 0 Å². The van der Waals surface area contributed by atoms with Crippen LogP contribution in [-0.2, 0) is 10.0 Å². The molecule has 2 aromatic rings. The summed E-state index contributed by atoms with van der Waals surface area (Å²) < 4.78 is 22.3. The first-order chi connectivity index (χ1) is 9.36. The van der Waals surface area contributed by atoms with Crippen LogP contribution in [0.5, 0.6) is 0 Å². The third-order valence-electron chi connectivity index (χ3n) is 3.00. The molecule has 5 N–H and O–H groups in total. The molecule has 2 rings (SSSR count). The molecule has 0 fully saturated rings. The van der Waals surface area contributed by atoms with Crippen molar-refractivity contribution >= 4 is 21.4 Å². The minimum Gasteiger partial charge on any atom is -0.399 e. The fraction of sp³-hybridized carbons (Fsp3) is 0.143. The number of sulfonamides is 1. The highest BCUT2D eigenvalue weighted by molar-refractivity contribution is 7.89. The summed E-state index contributed by atoms with van der Waals surface area (Å²) >= 11 is 0. The molecule has 0 aromatic heterocycles. The molecule has 0 radical (unpaired) electrons. The maximum Gasteiger partial charge on any atom is 0.238 e. The van der Waals surface area contributed by atoms with Gasteiger partial charge in [0.25, 0.3) is 0 Å². The maximum atomic E-state index is 11.2. The van der Waals surface area contributed by atoms with E-state index >= 15 is 0 Å². The Morgan fingerprint density at radius 3 is 2.05 bits per heavy atom. The molecule has 0 heterocycles. The van der Waals surface area contributed by atoms with Crippen molar-refractivity contribution < 1.29 is 8.42 Å². The van der Waals surface area contributed by atoms with Gasteiger partial charge in [-0.05, 0) is 48.9 Å². The molecule has 0 aliphatic carbocycles. The van der Waals surface area contributed by atoms with Gasteiger partial charge < -0.3 is 11.1 Å². The van der Waals surface area contributed by atoms with Gasteiger partial charge in [0.15, 0.2) is 0 Å². The molecule has 1 unspecified atom stereocenters. The number of nitrogens with two attached hydrogens (primary N) is 2. The van der Waals surface area contributed by atoms with Crippen molar-refractivity contribution in [2.45, 2.75) is 17.9 Å². The van der Waals surface area contributed by atoms with Crippen molar-refractivity contribution in [3.63, 3.8) is 0 Å². The summed E-state index contributed by atoms with van der Waals surface area (Å²) in [4.78, 5) is 0.100. The Hall–Kier alpha value is -2.05. The number of nitrogen functional groups attached to an aromatic ring is 1. The Morgan fingerprint density at radius 1 is 1.00 bits per heavy atom. The predicted molar refractivity (Wildman–Crippen MR) is 80.7 cm³/mol. The molecule has 0 amide bonds.